The van der Waals surface area contributed by atoms with Crippen molar-refractivity contribution >= 4 is 0 Å². The van der Waals surface area contributed by atoms with Gasteiger partial charge in [0.05, 0.1) is 0 Å². The summed E-state index contributed by atoms with van der Waals surface area (Å²) in [5, 5.41) is 0. The first-order chi connectivity index (χ1) is 6.09. The van der Waals surface area contributed by atoms with Crippen molar-refractivity contribution in [1.29, 1.82) is 0 Å². The van der Waals surface area contributed by atoms with Gasteiger partial charge in [0.1, 0.15) is 0 Å². The van der Waals surface area contributed by atoms with E-state index in [9.17, 15) is 0 Å². The van der Waals surface area contributed by atoms with Crippen molar-refractivity contribution in [1.82, 2.24) is 4.90 Å². The Hall–Kier alpha value is -0.0800. The fraction of sp³-hybridized carbons (Fsp3) is 1.00. The third kappa shape index (κ3) is 3.65. The van der Waals surface area contributed by atoms with E-state index in [0.29, 0.717) is 6.04 Å². The summed E-state index contributed by atoms with van der Waals surface area (Å²) in [5.41, 5.74) is 5.74. The van der Waals surface area contributed by atoms with E-state index in [-0.39, 0.29) is 0 Å². The molecule has 1 rings (SSSR count). The van der Waals surface area contributed by atoms with E-state index in [1.54, 1.807) is 0 Å². The smallest absolute Gasteiger partial charge is 0.00226 e. The lowest BCUT2D eigenvalue weighted by Crippen LogP contribution is -2.28. The quantitative estimate of drug-likeness (QED) is 0.720. The molecular weight excluding hydrogens is 160 g/mol. The molecule has 2 unspecified atom stereocenters. The first kappa shape index (κ1) is 11.0. The van der Waals surface area contributed by atoms with Gasteiger partial charge in [0, 0.05) is 12.6 Å². The van der Waals surface area contributed by atoms with Crippen LogP contribution in [0.3, 0.4) is 0 Å². The van der Waals surface area contributed by atoms with Crippen molar-refractivity contribution in [2.75, 3.05) is 19.6 Å². The topological polar surface area (TPSA) is 29.3 Å². The Labute approximate surface area is 82.5 Å². The van der Waals surface area contributed by atoms with Crippen LogP contribution in [-0.4, -0.2) is 30.6 Å². The zero-order chi connectivity index (χ0) is 9.84. The number of nitrogens with two attached hydrogens (primary N) is 1. The zero-order valence-corrected chi connectivity index (χ0v) is 9.29. The third-order valence-electron chi connectivity index (χ3n) is 3.15. The van der Waals surface area contributed by atoms with Gasteiger partial charge in [0.15, 0.2) is 0 Å². The summed E-state index contributed by atoms with van der Waals surface area (Å²) in [7, 11) is 0. The third-order valence-corrected chi connectivity index (χ3v) is 3.15. The second kappa shape index (κ2) is 4.97. The van der Waals surface area contributed by atoms with Crippen LogP contribution in [0.5, 0.6) is 0 Å². The van der Waals surface area contributed by atoms with Crippen LogP contribution in [0.25, 0.3) is 0 Å². The standard InChI is InChI=1S/C11H24N2/c1-9(2)11-5-7-13(8-11)6-4-10(3)12/h9-11H,4-8,12H2,1-3H3. The minimum absolute atomic E-state index is 0.359. The minimum atomic E-state index is 0.359. The molecule has 0 saturated carbocycles. The second-order valence-corrected chi connectivity index (χ2v) is 4.86. The van der Waals surface area contributed by atoms with Gasteiger partial charge in [-0.25, -0.2) is 0 Å². The van der Waals surface area contributed by atoms with Crippen LogP contribution in [0.2, 0.25) is 0 Å². The summed E-state index contributed by atoms with van der Waals surface area (Å²) in [6.07, 6.45) is 2.53. The number of hydrogen-bond donors (Lipinski definition) is 1. The largest absolute Gasteiger partial charge is 0.328 e. The second-order valence-electron chi connectivity index (χ2n) is 4.86. The van der Waals surface area contributed by atoms with Crippen LogP contribution < -0.4 is 5.73 Å². The highest BCUT2D eigenvalue weighted by atomic mass is 15.1. The van der Waals surface area contributed by atoms with Crippen LogP contribution in [0, 0.1) is 11.8 Å². The van der Waals surface area contributed by atoms with Crippen molar-refractivity contribution in [3.63, 3.8) is 0 Å². The summed E-state index contributed by atoms with van der Waals surface area (Å²) in [6.45, 7) is 10.5. The summed E-state index contributed by atoms with van der Waals surface area (Å²) in [4.78, 5) is 2.56. The number of rotatable bonds is 4. The first-order valence-electron chi connectivity index (χ1n) is 5.57. The Bertz CT molecular complexity index is 143. The summed E-state index contributed by atoms with van der Waals surface area (Å²) in [6, 6.07) is 0.359. The van der Waals surface area contributed by atoms with E-state index in [1.807, 2.05) is 0 Å². The molecule has 0 aromatic heterocycles. The zero-order valence-electron chi connectivity index (χ0n) is 9.29. The van der Waals surface area contributed by atoms with E-state index in [2.05, 4.69) is 25.7 Å². The molecule has 1 saturated heterocycles. The molecule has 1 fully saturated rings. The molecule has 1 aliphatic heterocycles. The lowest BCUT2D eigenvalue weighted by Gasteiger charge is -2.18. The molecule has 0 aromatic rings. The summed E-state index contributed by atoms with van der Waals surface area (Å²) in [5.74, 6) is 1.77. The molecule has 0 amide bonds. The van der Waals surface area contributed by atoms with E-state index in [1.165, 1.54) is 26.1 Å². The molecule has 0 radical (unpaired) electrons. The van der Waals surface area contributed by atoms with Gasteiger partial charge in [-0.3, -0.25) is 0 Å². The molecule has 2 nitrogen and oxygen atoms in total. The molecule has 0 aromatic carbocycles. The maximum absolute atomic E-state index is 5.74. The van der Waals surface area contributed by atoms with Crippen LogP contribution >= 0.6 is 0 Å². The van der Waals surface area contributed by atoms with Gasteiger partial charge >= 0.3 is 0 Å². The van der Waals surface area contributed by atoms with E-state index in [4.69, 9.17) is 5.73 Å². The van der Waals surface area contributed by atoms with Gasteiger partial charge in [-0.2, -0.15) is 0 Å². The minimum Gasteiger partial charge on any atom is -0.328 e. The predicted molar refractivity (Wildman–Crippen MR) is 57.7 cm³/mol. The maximum Gasteiger partial charge on any atom is 0.00226 e. The van der Waals surface area contributed by atoms with Crippen LogP contribution in [0.15, 0.2) is 0 Å². The molecule has 1 aliphatic rings. The SMILES string of the molecule is CC(N)CCN1CCC(C(C)C)C1. The maximum atomic E-state index is 5.74. The highest BCUT2D eigenvalue weighted by Gasteiger charge is 2.24. The van der Waals surface area contributed by atoms with Crippen molar-refractivity contribution in [3.8, 4) is 0 Å². The molecule has 0 bridgehead atoms. The predicted octanol–water partition coefficient (Wildman–Crippen LogP) is 1.70. The Balaban J connectivity index is 2.17. The van der Waals surface area contributed by atoms with Gasteiger partial charge in [-0.15, -0.1) is 0 Å². The molecule has 78 valence electrons. The molecule has 13 heavy (non-hydrogen) atoms. The van der Waals surface area contributed by atoms with Crippen molar-refractivity contribution in [3.05, 3.63) is 0 Å². The van der Waals surface area contributed by atoms with Gasteiger partial charge in [-0.05, 0) is 44.7 Å². The highest BCUT2D eigenvalue weighted by molar-refractivity contribution is 4.77. The fourth-order valence-electron chi connectivity index (χ4n) is 2.00. The highest BCUT2D eigenvalue weighted by Crippen LogP contribution is 2.23. The fourth-order valence-corrected chi connectivity index (χ4v) is 2.00. The average molecular weight is 184 g/mol. The Kier molecular flexibility index (Phi) is 4.20. The molecule has 2 N–H and O–H groups in total. The monoisotopic (exact) mass is 184 g/mol. The van der Waals surface area contributed by atoms with Crippen molar-refractivity contribution < 1.29 is 0 Å². The average Bonchev–Trinajstić information content (AvgIpc) is 2.48. The van der Waals surface area contributed by atoms with Crippen LogP contribution in [0.4, 0.5) is 0 Å². The normalized spacial score (nSPS) is 27.0. The van der Waals surface area contributed by atoms with Gasteiger partial charge in [0.2, 0.25) is 0 Å². The molecule has 0 spiro atoms. The van der Waals surface area contributed by atoms with Crippen molar-refractivity contribution in [2.24, 2.45) is 17.6 Å². The van der Waals surface area contributed by atoms with Gasteiger partial charge < -0.3 is 10.6 Å². The van der Waals surface area contributed by atoms with Crippen LogP contribution in [0.1, 0.15) is 33.6 Å². The summed E-state index contributed by atoms with van der Waals surface area (Å²) >= 11 is 0. The first-order valence-corrected chi connectivity index (χ1v) is 5.57. The Morgan fingerprint density at radius 2 is 2.08 bits per heavy atom. The van der Waals surface area contributed by atoms with E-state index < -0.39 is 0 Å². The molecule has 2 atom stereocenters. The molecule has 1 heterocycles. The van der Waals surface area contributed by atoms with Gasteiger partial charge in [0.25, 0.3) is 0 Å². The lowest BCUT2D eigenvalue weighted by atomic mass is 9.95. The number of likely N-dealkylation sites (tertiary alicyclic amines) is 1. The number of hydrogen-bond acceptors (Lipinski definition) is 2. The van der Waals surface area contributed by atoms with Crippen LogP contribution in [-0.2, 0) is 0 Å². The van der Waals surface area contributed by atoms with E-state index in [0.717, 1.165) is 18.3 Å². The molecular formula is C11H24N2. The van der Waals surface area contributed by atoms with Gasteiger partial charge in [-0.1, -0.05) is 13.8 Å². The molecule has 0 aliphatic carbocycles. The Morgan fingerprint density at radius 3 is 2.54 bits per heavy atom. The summed E-state index contributed by atoms with van der Waals surface area (Å²) < 4.78 is 0. The lowest BCUT2D eigenvalue weighted by molar-refractivity contribution is 0.294. The van der Waals surface area contributed by atoms with E-state index >= 15 is 0 Å². The number of nitrogens with zero attached hydrogens (tertiary/aromatic N) is 1. The Morgan fingerprint density at radius 1 is 1.38 bits per heavy atom. The molecule has 2 heteroatoms. The van der Waals surface area contributed by atoms with Crippen molar-refractivity contribution in [2.45, 2.75) is 39.7 Å².